The molecule has 6 heteroatoms. The highest BCUT2D eigenvalue weighted by Gasteiger charge is 2.23. The van der Waals surface area contributed by atoms with Crippen molar-refractivity contribution >= 4 is 0 Å². The third-order valence-corrected chi connectivity index (χ3v) is 1.37. The van der Waals surface area contributed by atoms with E-state index >= 15 is 0 Å². The molecule has 1 aromatic carbocycles. The average Bonchev–Trinajstić information content (AvgIpc) is 2.07. The molecule has 1 aromatic rings. The molecule has 0 bridgehead atoms. The predicted octanol–water partition coefficient (Wildman–Crippen LogP) is 3.18. The van der Waals surface area contributed by atoms with E-state index in [0.717, 1.165) is 0 Å². The molecule has 0 fully saturated rings. The van der Waals surface area contributed by atoms with Crippen molar-refractivity contribution in [1.29, 1.82) is 0 Å². The molecule has 0 aliphatic carbocycles. The van der Waals surface area contributed by atoms with Crippen molar-refractivity contribution in [2.24, 2.45) is 0 Å². The first-order valence-corrected chi connectivity index (χ1v) is 3.06. The molecule has 0 spiro atoms. The topological polar surface area (TPSA) is 0 Å². The second-order valence-electron chi connectivity index (χ2n) is 2.19. The quantitative estimate of drug-likeness (QED) is 0.371. The second-order valence-corrected chi connectivity index (χ2v) is 2.19. The second kappa shape index (κ2) is 3.27. The van der Waals surface area contributed by atoms with Gasteiger partial charge in [-0.1, -0.05) is 0 Å². The number of halogens is 6. The zero-order chi connectivity index (χ0) is 10.2. The zero-order valence-electron chi connectivity index (χ0n) is 5.92. The molecule has 0 aliphatic heterocycles. The molecule has 0 atom stereocenters. The Morgan fingerprint density at radius 3 is 1.85 bits per heavy atom. The Labute approximate surface area is 68.8 Å². The van der Waals surface area contributed by atoms with Crippen LogP contribution in [0.25, 0.3) is 0 Å². The Morgan fingerprint density at radius 1 is 0.846 bits per heavy atom. The van der Waals surface area contributed by atoms with Crippen LogP contribution in [0.2, 0.25) is 0 Å². The molecular weight excluding hydrogens is 198 g/mol. The largest absolute Gasteiger partial charge is 0.266 e. The molecule has 0 aliphatic rings. The van der Waals surface area contributed by atoms with Crippen molar-refractivity contribution in [3.63, 3.8) is 0 Å². The molecule has 0 aromatic heterocycles. The molecule has 72 valence electrons. The summed E-state index contributed by atoms with van der Waals surface area (Å²) in [5.41, 5.74) is -1.49. The van der Waals surface area contributed by atoms with Gasteiger partial charge in [0.2, 0.25) is 0 Å². The highest BCUT2D eigenvalue weighted by molar-refractivity contribution is 5.22. The first-order valence-electron chi connectivity index (χ1n) is 3.06. The van der Waals surface area contributed by atoms with E-state index in [4.69, 9.17) is 0 Å². The molecule has 0 saturated carbocycles. The lowest BCUT2D eigenvalue weighted by Crippen LogP contribution is -2.01. The van der Waals surface area contributed by atoms with Gasteiger partial charge in [0.15, 0.2) is 23.3 Å². The summed E-state index contributed by atoms with van der Waals surface area (Å²) in [5, 5.41) is 0. The van der Waals surface area contributed by atoms with Crippen molar-refractivity contribution in [2.75, 3.05) is 0 Å². The van der Waals surface area contributed by atoms with Gasteiger partial charge in [0.25, 0.3) is 6.43 Å². The van der Waals surface area contributed by atoms with Crippen molar-refractivity contribution in [2.45, 2.75) is 6.43 Å². The van der Waals surface area contributed by atoms with Crippen molar-refractivity contribution in [3.8, 4) is 0 Å². The van der Waals surface area contributed by atoms with Gasteiger partial charge in [0, 0.05) is 0 Å². The van der Waals surface area contributed by atoms with E-state index in [9.17, 15) is 26.3 Å². The maximum atomic E-state index is 12.4. The predicted molar refractivity (Wildman–Crippen MR) is 31.2 cm³/mol. The number of alkyl halides is 2. The van der Waals surface area contributed by atoms with Gasteiger partial charge in [-0.15, -0.1) is 0 Å². The first-order chi connectivity index (χ1) is 5.95. The third kappa shape index (κ3) is 1.61. The first kappa shape index (κ1) is 9.88. The molecule has 0 unspecified atom stereocenters. The van der Waals surface area contributed by atoms with E-state index in [-0.39, 0.29) is 6.07 Å². The lowest BCUT2D eigenvalue weighted by Gasteiger charge is -2.03. The highest BCUT2D eigenvalue weighted by atomic mass is 19.3. The normalized spacial score (nSPS) is 11.0. The Balaban J connectivity index is 3.41. The van der Waals surface area contributed by atoms with Crippen LogP contribution in [0, 0.1) is 23.3 Å². The van der Waals surface area contributed by atoms with Crippen LogP contribution in [0.15, 0.2) is 6.07 Å². The minimum absolute atomic E-state index is 0.0710. The minimum Gasteiger partial charge on any atom is -0.205 e. The molecule has 13 heavy (non-hydrogen) atoms. The number of hydrogen-bond donors (Lipinski definition) is 0. The molecular formula is C7H2F6. The van der Waals surface area contributed by atoms with Gasteiger partial charge in [0.1, 0.15) is 0 Å². The Hall–Kier alpha value is -1.20. The highest BCUT2D eigenvalue weighted by Crippen LogP contribution is 2.26. The van der Waals surface area contributed by atoms with Gasteiger partial charge in [-0.25, -0.2) is 26.3 Å². The van der Waals surface area contributed by atoms with Gasteiger partial charge < -0.3 is 0 Å². The summed E-state index contributed by atoms with van der Waals surface area (Å²) in [6, 6.07) is -0.0710. The van der Waals surface area contributed by atoms with E-state index in [1.165, 1.54) is 0 Å². The van der Waals surface area contributed by atoms with E-state index in [0.29, 0.717) is 0 Å². The fourth-order valence-electron chi connectivity index (χ4n) is 0.750. The van der Waals surface area contributed by atoms with E-state index in [2.05, 4.69) is 0 Å². The summed E-state index contributed by atoms with van der Waals surface area (Å²) < 4.78 is 72.8. The Bertz CT molecular complexity index is 332. The molecule has 0 radical (unpaired) electrons. The van der Waals surface area contributed by atoms with Crippen molar-refractivity contribution in [1.82, 2.24) is 0 Å². The molecule has 0 N–H and O–H groups in total. The van der Waals surface area contributed by atoms with Crippen LogP contribution in [-0.4, -0.2) is 0 Å². The lowest BCUT2D eigenvalue weighted by atomic mass is 10.2. The summed E-state index contributed by atoms with van der Waals surface area (Å²) >= 11 is 0. The summed E-state index contributed by atoms with van der Waals surface area (Å²) in [4.78, 5) is 0. The molecule has 1 rings (SSSR count). The molecule has 0 amide bonds. The number of hydrogen-bond acceptors (Lipinski definition) is 0. The van der Waals surface area contributed by atoms with E-state index in [1.807, 2.05) is 0 Å². The van der Waals surface area contributed by atoms with Gasteiger partial charge in [-0.3, -0.25) is 0 Å². The van der Waals surface area contributed by atoms with Crippen LogP contribution >= 0.6 is 0 Å². The Kier molecular flexibility index (Phi) is 2.49. The zero-order valence-corrected chi connectivity index (χ0v) is 5.92. The minimum atomic E-state index is -3.38. The lowest BCUT2D eigenvalue weighted by molar-refractivity contribution is 0.143. The average molecular weight is 200 g/mol. The fourth-order valence-corrected chi connectivity index (χ4v) is 0.750. The number of rotatable bonds is 1. The molecule has 0 heterocycles. The third-order valence-electron chi connectivity index (χ3n) is 1.37. The van der Waals surface area contributed by atoms with Crippen LogP contribution in [0.3, 0.4) is 0 Å². The maximum Gasteiger partial charge on any atom is 0.266 e. The van der Waals surface area contributed by atoms with E-state index in [1.54, 1.807) is 0 Å². The van der Waals surface area contributed by atoms with Crippen LogP contribution < -0.4 is 0 Å². The van der Waals surface area contributed by atoms with Gasteiger partial charge in [-0.05, 0) is 6.07 Å². The van der Waals surface area contributed by atoms with E-state index < -0.39 is 35.3 Å². The number of benzene rings is 1. The smallest absolute Gasteiger partial charge is 0.205 e. The van der Waals surface area contributed by atoms with Crippen LogP contribution in [0.1, 0.15) is 12.0 Å². The van der Waals surface area contributed by atoms with Crippen molar-refractivity contribution < 1.29 is 26.3 Å². The maximum absolute atomic E-state index is 12.4. The Morgan fingerprint density at radius 2 is 1.38 bits per heavy atom. The van der Waals surface area contributed by atoms with Gasteiger partial charge in [-0.2, -0.15) is 0 Å². The monoisotopic (exact) mass is 200 g/mol. The van der Waals surface area contributed by atoms with Crippen LogP contribution in [-0.2, 0) is 0 Å². The van der Waals surface area contributed by atoms with Gasteiger partial charge >= 0.3 is 0 Å². The van der Waals surface area contributed by atoms with Crippen LogP contribution in [0.4, 0.5) is 26.3 Å². The standard InChI is InChI=1S/C7H2F6/c8-3-1-2(7(12)13)4(9)6(11)5(3)10/h1,7H. The van der Waals surface area contributed by atoms with Crippen LogP contribution in [0.5, 0.6) is 0 Å². The summed E-state index contributed by atoms with van der Waals surface area (Å²) in [7, 11) is 0. The summed E-state index contributed by atoms with van der Waals surface area (Å²) in [5.74, 6) is -8.22. The molecule has 0 saturated heterocycles. The SMILES string of the molecule is Fc1cc(C(F)F)c(F)c(F)c1F. The fraction of sp³-hybridized carbons (Fsp3) is 0.143. The summed E-state index contributed by atoms with van der Waals surface area (Å²) in [6.07, 6.45) is -3.38. The van der Waals surface area contributed by atoms with Gasteiger partial charge in [0.05, 0.1) is 5.56 Å². The summed E-state index contributed by atoms with van der Waals surface area (Å²) in [6.45, 7) is 0. The van der Waals surface area contributed by atoms with Crippen molar-refractivity contribution in [3.05, 3.63) is 34.9 Å². The molecule has 0 nitrogen and oxygen atoms in total.